The van der Waals surface area contributed by atoms with Crippen LogP contribution >= 0.6 is 11.8 Å². The molecular weight excluding hydrogens is 396 g/mol. The van der Waals surface area contributed by atoms with Crippen LogP contribution in [0.4, 0.5) is 5.95 Å². The number of anilines is 1. The minimum absolute atomic E-state index is 0.0714. The molecular formula is C23H30N4O2S. The molecule has 0 amide bonds. The van der Waals surface area contributed by atoms with Crippen molar-refractivity contribution in [3.05, 3.63) is 41.1 Å². The van der Waals surface area contributed by atoms with Gasteiger partial charge >= 0.3 is 0 Å². The molecule has 0 saturated carbocycles. The van der Waals surface area contributed by atoms with E-state index in [0.717, 1.165) is 46.3 Å². The van der Waals surface area contributed by atoms with E-state index in [-0.39, 0.29) is 23.3 Å². The van der Waals surface area contributed by atoms with E-state index in [9.17, 15) is 4.79 Å². The predicted molar refractivity (Wildman–Crippen MR) is 120 cm³/mol. The quantitative estimate of drug-likeness (QED) is 0.638. The Morgan fingerprint density at radius 1 is 1.33 bits per heavy atom. The Hall–Kier alpha value is -2.28. The molecule has 1 aromatic heterocycles. The van der Waals surface area contributed by atoms with Crippen LogP contribution in [0.1, 0.15) is 65.5 Å². The molecule has 0 spiro atoms. The monoisotopic (exact) mass is 426 g/mol. The Bertz CT molecular complexity index is 993. The van der Waals surface area contributed by atoms with Crippen LogP contribution in [-0.4, -0.2) is 32.4 Å². The molecule has 6 nitrogen and oxygen atoms in total. The molecule has 1 aliphatic heterocycles. The van der Waals surface area contributed by atoms with Gasteiger partial charge in [-0.15, -0.1) is 5.10 Å². The lowest BCUT2D eigenvalue weighted by Crippen LogP contribution is -2.36. The summed E-state index contributed by atoms with van der Waals surface area (Å²) in [6, 6.07) is 7.72. The summed E-state index contributed by atoms with van der Waals surface area (Å²) in [6.45, 7) is 10.5. The van der Waals surface area contributed by atoms with Gasteiger partial charge in [0, 0.05) is 23.4 Å². The number of ketones is 1. The number of nitrogens with zero attached hydrogens (tertiary/aromatic N) is 3. The molecule has 0 radical (unpaired) electrons. The number of fused-ring (bicyclic) bond motifs is 1. The fourth-order valence-corrected chi connectivity index (χ4v) is 4.87. The average molecular weight is 427 g/mol. The zero-order valence-electron chi connectivity index (χ0n) is 18.4. The lowest BCUT2D eigenvalue weighted by molar-refractivity contribution is -0.118. The number of thioether (sulfide) groups is 1. The SMILES string of the molecule is CCCSc1nc2n(n1)C(c1cccc(OC(C)C)c1)C1=C(CC(C)(C)CC1=O)N2. The van der Waals surface area contributed by atoms with E-state index < -0.39 is 0 Å². The van der Waals surface area contributed by atoms with Crippen molar-refractivity contribution in [2.45, 2.75) is 71.2 Å². The average Bonchev–Trinajstić information content (AvgIpc) is 3.05. The second-order valence-electron chi connectivity index (χ2n) is 9.11. The summed E-state index contributed by atoms with van der Waals surface area (Å²) in [5.74, 6) is 2.65. The Kier molecular flexibility index (Phi) is 5.66. The Morgan fingerprint density at radius 3 is 2.87 bits per heavy atom. The van der Waals surface area contributed by atoms with E-state index in [1.54, 1.807) is 11.8 Å². The maximum absolute atomic E-state index is 13.3. The Morgan fingerprint density at radius 2 is 2.13 bits per heavy atom. The second kappa shape index (κ2) is 8.10. The zero-order valence-corrected chi connectivity index (χ0v) is 19.2. The van der Waals surface area contributed by atoms with E-state index >= 15 is 0 Å². The fourth-order valence-electron chi connectivity index (χ4n) is 4.18. The summed E-state index contributed by atoms with van der Waals surface area (Å²) in [5, 5.41) is 8.95. The molecule has 4 rings (SSSR count). The summed E-state index contributed by atoms with van der Waals surface area (Å²) in [5.41, 5.74) is 2.70. The fraction of sp³-hybridized carbons (Fsp3) is 0.522. The number of hydrogen-bond acceptors (Lipinski definition) is 6. The van der Waals surface area contributed by atoms with E-state index in [2.05, 4.69) is 26.1 Å². The van der Waals surface area contributed by atoms with Crippen molar-refractivity contribution >= 4 is 23.5 Å². The molecule has 2 heterocycles. The van der Waals surface area contributed by atoms with Crippen molar-refractivity contribution in [1.29, 1.82) is 0 Å². The van der Waals surface area contributed by atoms with Gasteiger partial charge in [0.25, 0.3) is 0 Å². The molecule has 1 unspecified atom stereocenters. The van der Waals surface area contributed by atoms with Gasteiger partial charge in [-0.25, -0.2) is 4.68 Å². The van der Waals surface area contributed by atoms with Crippen LogP contribution in [0.5, 0.6) is 5.75 Å². The Labute approximate surface area is 182 Å². The van der Waals surface area contributed by atoms with Gasteiger partial charge in [-0.3, -0.25) is 4.79 Å². The third kappa shape index (κ3) is 4.13. The molecule has 2 aliphatic rings. The van der Waals surface area contributed by atoms with Crippen molar-refractivity contribution in [3.63, 3.8) is 0 Å². The molecule has 1 aromatic carbocycles. The number of hydrogen-bond donors (Lipinski definition) is 1. The van der Waals surface area contributed by atoms with E-state index in [4.69, 9.17) is 14.8 Å². The zero-order chi connectivity index (χ0) is 21.5. The van der Waals surface area contributed by atoms with Gasteiger partial charge in [-0.05, 0) is 49.8 Å². The van der Waals surface area contributed by atoms with Gasteiger partial charge in [-0.1, -0.05) is 44.7 Å². The number of benzene rings is 1. The molecule has 2 aromatic rings. The number of rotatable bonds is 6. The molecule has 1 aliphatic carbocycles. The highest BCUT2D eigenvalue weighted by Crippen LogP contribution is 2.46. The number of carbonyl (C=O) groups excluding carboxylic acids is 1. The summed E-state index contributed by atoms with van der Waals surface area (Å²) >= 11 is 1.65. The number of nitrogens with one attached hydrogen (secondary N) is 1. The topological polar surface area (TPSA) is 69.0 Å². The van der Waals surface area contributed by atoms with Gasteiger partial charge < -0.3 is 10.1 Å². The van der Waals surface area contributed by atoms with Gasteiger partial charge in [0.1, 0.15) is 11.8 Å². The first-order valence-corrected chi connectivity index (χ1v) is 11.6. The molecule has 1 atom stereocenters. The van der Waals surface area contributed by atoms with Crippen LogP contribution in [0.2, 0.25) is 0 Å². The molecule has 160 valence electrons. The molecule has 7 heteroatoms. The molecule has 30 heavy (non-hydrogen) atoms. The van der Waals surface area contributed by atoms with E-state index in [0.29, 0.717) is 12.4 Å². The first-order chi connectivity index (χ1) is 14.3. The molecule has 0 fully saturated rings. The van der Waals surface area contributed by atoms with Crippen molar-refractivity contribution in [2.24, 2.45) is 5.41 Å². The highest BCUT2D eigenvalue weighted by atomic mass is 32.2. The minimum Gasteiger partial charge on any atom is -0.491 e. The summed E-state index contributed by atoms with van der Waals surface area (Å²) in [6.07, 6.45) is 2.49. The first kappa shape index (κ1) is 21.0. The number of allylic oxidation sites excluding steroid dienone is 2. The van der Waals surface area contributed by atoms with Crippen molar-refractivity contribution in [3.8, 4) is 5.75 Å². The van der Waals surface area contributed by atoms with Crippen LogP contribution in [0.15, 0.2) is 40.7 Å². The van der Waals surface area contributed by atoms with Gasteiger partial charge in [0.15, 0.2) is 5.78 Å². The number of ether oxygens (including phenoxy) is 1. The molecule has 1 N–H and O–H groups in total. The van der Waals surface area contributed by atoms with E-state index in [1.165, 1.54) is 0 Å². The van der Waals surface area contributed by atoms with Gasteiger partial charge in [0.05, 0.1) is 6.10 Å². The number of carbonyl (C=O) groups is 1. The molecule has 0 saturated heterocycles. The highest BCUT2D eigenvalue weighted by Gasteiger charge is 2.42. The standard InChI is InChI=1S/C23H30N4O2S/c1-6-10-30-22-25-21-24-17-12-23(4,5)13-18(28)19(17)20(27(21)26-22)15-8-7-9-16(11-15)29-14(2)3/h7-9,11,14,20H,6,10,12-13H2,1-5H3,(H,24,25,26). The smallest absolute Gasteiger partial charge is 0.227 e. The molecule has 0 bridgehead atoms. The predicted octanol–water partition coefficient (Wildman–Crippen LogP) is 5.23. The highest BCUT2D eigenvalue weighted by molar-refractivity contribution is 7.99. The van der Waals surface area contributed by atoms with Gasteiger partial charge in [0.2, 0.25) is 11.1 Å². The van der Waals surface area contributed by atoms with Crippen molar-refractivity contribution in [1.82, 2.24) is 14.8 Å². The summed E-state index contributed by atoms with van der Waals surface area (Å²) in [7, 11) is 0. The normalized spacial score (nSPS) is 20.1. The van der Waals surface area contributed by atoms with Crippen LogP contribution in [0, 0.1) is 5.41 Å². The lowest BCUT2D eigenvalue weighted by Gasteiger charge is -2.38. The summed E-state index contributed by atoms with van der Waals surface area (Å²) in [4.78, 5) is 18.0. The maximum Gasteiger partial charge on any atom is 0.227 e. The van der Waals surface area contributed by atoms with Crippen LogP contribution in [0.3, 0.4) is 0 Å². The summed E-state index contributed by atoms with van der Waals surface area (Å²) < 4.78 is 7.80. The Balaban J connectivity index is 1.82. The number of aromatic nitrogens is 3. The largest absolute Gasteiger partial charge is 0.491 e. The lowest BCUT2D eigenvalue weighted by atomic mass is 9.73. The maximum atomic E-state index is 13.3. The van der Waals surface area contributed by atoms with Crippen LogP contribution in [0.25, 0.3) is 0 Å². The van der Waals surface area contributed by atoms with Crippen molar-refractivity contribution < 1.29 is 9.53 Å². The number of Topliss-reactive ketones (excluding diaryl/α,β-unsaturated/α-hetero) is 1. The second-order valence-corrected chi connectivity index (χ2v) is 10.2. The van der Waals surface area contributed by atoms with E-state index in [1.807, 2.05) is 42.8 Å². The third-order valence-electron chi connectivity index (χ3n) is 5.29. The van der Waals surface area contributed by atoms with Gasteiger partial charge in [-0.2, -0.15) is 4.98 Å². The van der Waals surface area contributed by atoms with Crippen molar-refractivity contribution in [2.75, 3.05) is 11.1 Å². The first-order valence-electron chi connectivity index (χ1n) is 10.7. The van der Waals surface area contributed by atoms with Crippen LogP contribution < -0.4 is 10.1 Å². The van der Waals surface area contributed by atoms with Crippen LogP contribution in [-0.2, 0) is 4.79 Å². The third-order valence-corrected chi connectivity index (χ3v) is 6.34. The minimum atomic E-state index is -0.293.